The summed E-state index contributed by atoms with van der Waals surface area (Å²) in [5.41, 5.74) is 0. The van der Waals surface area contributed by atoms with Crippen LogP contribution in [0.4, 0.5) is 0 Å². The average molecular weight is 555 g/mol. The Labute approximate surface area is 183 Å². The number of rotatable bonds is 5. The molecule has 0 saturated carbocycles. The Morgan fingerprint density at radius 1 is 1.35 bits per heavy atom. The van der Waals surface area contributed by atoms with Crippen molar-refractivity contribution in [3.05, 3.63) is 32.5 Å². The molecule has 10 heteroatoms. The minimum Gasteiger partial charge on any atom is -0.357 e. The number of aromatic nitrogens is 2. The second-order valence-electron chi connectivity index (χ2n) is 5.87. The number of aryl methyl sites for hydroxylation is 1. The molecule has 0 bridgehead atoms. The Bertz CT molecular complexity index is 713. The summed E-state index contributed by atoms with van der Waals surface area (Å²) in [4.78, 5) is 15.1. The van der Waals surface area contributed by atoms with Gasteiger partial charge in [0.15, 0.2) is 11.8 Å². The van der Waals surface area contributed by atoms with Crippen LogP contribution in [0.15, 0.2) is 25.4 Å². The van der Waals surface area contributed by atoms with Crippen LogP contribution in [0.5, 0.6) is 0 Å². The van der Waals surface area contributed by atoms with Gasteiger partial charge in [-0.25, -0.2) is 4.99 Å². The van der Waals surface area contributed by atoms with Gasteiger partial charge in [0.2, 0.25) is 5.89 Å². The van der Waals surface area contributed by atoms with Gasteiger partial charge < -0.3 is 14.7 Å². The number of piperazine rings is 1. The van der Waals surface area contributed by atoms with E-state index in [1.807, 2.05) is 0 Å². The number of halogens is 2. The summed E-state index contributed by atoms with van der Waals surface area (Å²) in [5, 5.41) is 7.27. The number of hydrogen-bond acceptors (Lipinski definition) is 6. The van der Waals surface area contributed by atoms with Crippen LogP contribution < -0.4 is 5.32 Å². The maximum absolute atomic E-state index is 5.00. The Morgan fingerprint density at radius 3 is 2.69 bits per heavy atom. The van der Waals surface area contributed by atoms with Crippen molar-refractivity contribution in [2.45, 2.75) is 26.9 Å². The molecule has 1 saturated heterocycles. The highest BCUT2D eigenvalue weighted by atomic mass is 127. The van der Waals surface area contributed by atoms with Crippen molar-refractivity contribution < 1.29 is 4.52 Å². The normalized spacial score (nSPS) is 15.8. The molecular formula is C16H24BrIN6OS. The number of hydrogen-bond donors (Lipinski definition) is 1. The molecule has 0 radical (unpaired) electrons. The fourth-order valence-electron chi connectivity index (χ4n) is 2.75. The monoisotopic (exact) mass is 554 g/mol. The van der Waals surface area contributed by atoms with Crippen molar-refractivity contribution >= 4 is 57.2 Å². The van der Waals surface area contributed by atoms with Gasteiger partial charge in [-0.2, -0.15) is 4.98 Å². The molecule has 0 spiro atoms. The fourth-order valence-corrected chi connectivity index (χ4v) is 4.28. The molecule has 1 fully saturated rings. The first-order valence-electron chi connectivity index (χ1n) is 8.43. The number of aliphatic imine (C=N–C) groups is 1. The van der Waals surface area contributed by atoms with Gasteiger partial charge in [0.25, 0.3) is 0 Å². The van der Waals surface area contributed by atoms with E-state index < -0.39 is 0 Å². The third kappa shape index (κ3) is 6.17. The van der Waals surface area contributed by atoms with Crippen molar-refractivity contribution in [2.24, 2.45) is 4.99 Å². The van der Waals surface area contributed by atoms with Gasteiger partial charge >= 0.3 is 0 Å². The summed E-state index contributed by atoms with van der Waals surface area (Å²) < 4.78 is 6.20. The van der Waals surface area contributed by atoms with Gasteiger partial charge in [0.05, 0.1) is 3.79 Å². The van der Waals surface area contributed by atoms with Crippen molar-refractivity contribution in [1.29, 1.82) is 0 Å². The SMILES string of the molecule is CCNC(=NCc1noc(C)n1)N1CCN(Cc2ccc(Br)s2)CC1.I. The average Bonchev–Trinajstić information content (AvgIpc) is 3.20. The van der Waals surface area contributed by atoms with Crippen LogP contribution in [0, 0.1) is 6.92 Å². The summed E-state index contributed by atoms with van der Waals surface area (Å²) in [5.74, 6) is 2.11. The number of guanidine groups is 1. The maximum atomic E-state index is 5.00. The van der Waals surface area contributed by atoms with E-state index in [-0.39, 0.29) is 24.0 Å². The lowest BCUT2D eigenvalue weighted by Crippen LogP contribution is -2.52. The molecule has 0 unspecified atom stereocenters. The lowest BCUT2D eigenvalue weighted by molar-refractivity contribution is 0.173. The van der Waals surface area contributed by atoms with Crippen molar-refractivity contribution in [3.63, 3.8) is 0 Å². The first-order valence-corrected chi connectivity index (χ1v) is 10.0. The van der Waals surface area contributed by atoms with Crippen LogP contribution in [0.2, 0.25) is 0 Å². The molecular weight excluding hydrogens is 531 g/mol. The van der Waals surface area contributed by atoms with Crippen LogP contribution in [0.25, 0.3) is 0 Å². The van der Waals surface area contributed by atoms with Crippen LogP contribution in [-0.2, 0) is 13.1 Å². The lowest BCUT2D eigenvalue weighted by atomic mass is 10.3. The van der Waals surface area contributed by atoms with E-state index in [4.69, 9.17) is 4.52 Å². The first kappa shape index (κ1) is 21.6. The molecule has 1 N–H and O–H groups in total. The molecule has 0 atom stereocenters. The molecule has 0 amide bonds. The van der Waals surface area contributed by atoms with Gasteiger partial charge in [-0.3, -0.25) is 4.90 Å². The first-order chi connectivity index (χ1) is 12.1. The molecule has 7 nitrogen and oxygen atoms in total. The fraction of sp³-hybridized carbons (Fsp3) is 0.562. The van der Waals surface area contributed by atoms with E-state index >= 15 is 0 Å². The molecule has 2 aromatic heterocycles. The highest BCUT2D eigenvalue weighted by Crippen LogP contribution is 2.23. The van der Waals surface area contributed by atoms with Gasteiger partial charge in [-0.1, -0.05) is 5.16 Å². The van der Waals surface area contributed by atoms with Crippen LogP contribution in [0.3, 0.4) is 0 Å². The summed E-state index contributed by atoms with van der Waals surface area (Å²) in [6.45, 7) is 10.1. The van der Waals surface area contributed by atoms with E-state index in [0.29, 0.717) is 18.3 Å². The Balaban J connectivity index is 0.00000243. The van der Waals surface area contributed by atoms with Crippen molar-refractivity contribution in [3.8, 4) is 0 Å². The predicted octanol–water partition coefficient (Wildman–Crippen LogP) is 3.10. The molecule has 3 rings (SSSR count). The maximum Gasteiger partial charge on any atom is 0.223 e. The zero-order valence-electron chi connectivity index (χ0n) is 14.9. The minimum absolute atomic E-state index is 0. The Morgan fingerprint density at radius 2 is 2.12 bits per heavy atom. The zero-order valence-corrected chi connectivity index (χ0v) is 19.7. The van der Waals surface area contributed by atoms with Gasteiger partial charge in [-0.05, 0) is 35.0 Å². The van der Waals surface area contributed by atoms with Crippen LogP contribution in [-0.4, -0.2) is 58.6 Å². The second kappa shape index (κ2) is 10.6. The van der Waals surface area contributed by atoms with Gasteiger partial charge in [0.1, 0.15) is 6.54 Å². The Hall–Kier alpha value is -0.720. The Kier molecular flexibility index (Phi) is 8.77. The summed E-state index contributed by atoms with van der Waals surface area (Å²) >= 11 is 5.34. The third-order valence-corrected chi connectivity index (χ3v) is 5.56. The molecule has 1 aliphatic heterocycles. The summed E-state index contributed by atoms with van der Waals surface area (Å²) in [6.07, 6.45) is 0. The predicted molar refractivity (Wildman–Crippen MR) is 118 cm³/mol. The molecule has 2 aromatic rings. The highest BCUT2D eigenvalue weighted by molar-refractivity contribution is 14.0. The van der Waals surface area contributed by atoms with Crippen molar-refractivity contribution in [2.75, 3.05) is 32.7 Å². The molecule has 144 valence electrons. The standard InChI is InChI=1S/C16H23BrN6OS.HI/c1-3-18-16(19-10-15-20-12(2)24-21-15)23-8-6-22(7-9-23)11-13-4-5-14(17)25-13;/h4-5H,3,6-11H2,1-2H3,(H,18,19);1H. The van der Waals surface area contributed by atoms with Crippen LogP contribution >= 0.6 is 51.2 Å². The number of nitrogens with zero attached hydrogens (tertiary/aromatic N) is 5. The highest BCUT2D eigenvalue weighted by Gasteiger charge is 2.20. The van der Waals surface area contributed by atoms with Gasteiger partial charge in [-0.15, -0.1) is 35.3 Å². The molecule has 26 heavy (non-hydrogen) atoms. The van der Waals surface area contributed by atoms with E-state index in [1.165, 1.54) is 8.66 Å². The smallest absolute Gasteiger partial charge is 0.223 e. The molecule has 0 aliphatic carbocycles. The van der Waals surface area contributed by atoms with Crippen LogP contribution in [0.1, 0.15) is 23.5 Å². The molecule has 0 aromatic carbocycles. The van der Waals surface area contributed by atoms with E-state index in [0.717, 1.165) is 45.2 Å². The van der Waals surface area contributed by atoms with Gasteiger partial charge in [0, 0.05) is 51.1 Å². The molecule has 1 aliphatic rings. The largest absolute Gasteiger partial charge is 0.357 e. The second-order valence-corrected chi connectivity index (χ2v) is 8.42. The zero-order chi connectivity index (χ0) is 17.6. The van der Waals surface area contributed by atoms with E-state index in [1.54, 1.807) is 18.3 Å². The van der Waals surface area contributed by atoms with E-state index in [9.17, 15) is 0 Å². The quantitative estimate of drug-likeness (QED) is 0.348. The third-order valence-electron chi connectivity index (χ3n) is 3.95. The summed E-state index contributed by atoms with van der Waals surface area (Å²) in [6, 6.07) is 4.31. The summed E-state index contributed by atoms with van der Waals surface area (Å²) in [7, 11) is 0. The number of nitrogens with one attached hydrogen (secondary N) is 1. The number of thiophene rings is 1. The van der Waals surface area contributed by atoms with E-state index in [2.05, 4.69) is 65.2 Å². The minimum atomic E-state index is 0. The topological polar surface area (TPSA) is 69.8 Å². The van der Waals surface area contributed by atoms with Crippen molar-refractivity contribution in [1.82, 2.24) is 25.3 Å². The molecule has 3 heterocycles. The lowest BCUT2D eigenvalue weighted by Gasteiger charge is -2.36.